The van der Waals surface area contributed by atoms with Crippen LogP contribution in [0.15, 0.2) is 24.3 Å². The summed E-state index contributed by atoms with van der Waals surface area (Å²) in [6.45, 7) is 2.77. The Morgan fingerprint density at radius 1 is 1.33 bits per heavy atom. The van der Waals surface area contributed by atoms with Crippen LogP contribution in [0.3, 0.4) is 0 Å². The molecule has 0 bridgehead atoms. The number of rotatable bonds is 3. The van der Waals surface area contributed by atoms with Gasteiger partial charge in [-0.15, -0.1) is 0 Å². The molecule has 2 nitrogen and oxygen atoms in total. The van der Waals surface area contributed by atoms with Crippen LogP contribution in [0.5, 0.6) is 0 Å². The predicted octanol–water partition coefficient (Wildman–Crippen LogP) is 3.47. The van der Waals surface area contributed by atoms with E-state index in [1.165, 1.54) is 26.0 Å². The van der Waals surface area contributed by atoms with Gasteiger partial charge in [-0.2, -0.15) is 18.4 Å². The standard InChI is InChI=1S/C13H12F3NO/c1-9(18)7-12(2,8-17)10-4-3-5-11(6-10)13(14,15)16/h3-6H,7H2,1-2H3. The summed E-state index contributed by atoms with van der Waals surface area (Å²) in [5.41, 5.74) is -1.84. The van der Waals surface area contributed by atoms with Crippen molar-refractivity contribution in [1.82, 2.24) is 0 Å². The van der Waals surface area contributed by atoms with Gasteiger partial charge < -0.3 is 0 Å². The molecule has 0 aliphatic heterocycles. The van der Waals surface area contributed by atoms with Crippen molar-refractivity contribution in [2.24, 2.45) is 0 Å². The molecule has 18 heavy (non-hydrogen) atoms. The molecule has 5 heteroatoms. The largest absolute Gasteiger partial charge is 0.416 e. The zero-order chi connectivity index (χ0) is 14.0. The third kappa shape index (κ3) is 3.10. The molecule has 0 heterocycles. The lowest BCUT2D eigenvalue weighted by Crippen LogP contribution is -2.23. The van der Waals surface area contributed by atoms with Gasteiger partial charge in [-0.25, -0.2) is 0 Å². The van der Waals surface area contributed by atoms with Gasteiger partial charge in [0.25, 0.3) is 0 Å². The van der Waals surface area contributed by atoms with E-state index in [2.05, 4.69) is 0 Å². The van der Waals surface area contributed by atoms with Gasteiger partial charge in [-0.1, -0.05) is 18.2 Å². The highest BCUT2D eigenvalue weighted by Gasteiger charge is 2.34. The molecular weight excluding hydrogens is 243 g/mol. The number of ketones is 1. The van der Waals surface area contributed by atoms with Crippen molar-refractivity contribution in [1.29, 1.82) is 5.26 Å². The molecule has 1 aromatic rings. The zero-order valence-corrected chi connectivity index (χ0v) is 10.0. The summed E-state index contributed by atoms with van der Waals surface area (Å²) in [4.78, 5) is 11.1. The Bertz CT molecular complexity index is 502. The van der Waals surface area contributed by atoms with Crippen LogP contribution < -0.4 is 0 Å². The predicted molar refractivity (Wildman–Crippen MR) is 59.7 cm³/mol. The molecule has 0 aliphatic rings. The smallest absolute Gasteiger partial charge is 0.300 e. The number of hydrogen-bond donors (Lipinski definition) is 0. The normalized spacial score (nSPS) is 14.7. The van der Waals surface area contributed by atoms with Crippen molar-refractivity contribution in [2.75, 3.05) is 0 Å². The maximum Gasteiger partial charge on any atom is 0.416 e. The van der Waals surface area contributed by atoms with Gasteiger partial charge in [-0.05, 0) is 25.5 Å². The van der Waals surface area contributed by atoms with Crippen LogP contribution in [0.25, 0.3) is 0 Å². The number of alkyl halides is 3. The van der Waals surface area contributed by atoms with Gasteiger partial charge in [0.15, 0.2) is 0 Å². The number of nitrogens with zero attached hydrogens (tertiary/aromatic N) is 1. The first-order valence-electron chi connectivity index (χ1n) is 5.27. The SMILES string of the molecule is CC(=O)CC(C)(C#N)c1cccc(C(F)(F)F)c1. The third-order valence-corrected chi connectivity index (χ3v) is 2.68. The van der Waals surface area contributed by atoms with Gasteiger partial charge in [0.2, 0.25) is 0 Å². The number of hydrogen-bond acceptors (Lipinski definition) is 2. The van der Waals surface area contributed by atoms with Crippen LogP contribution in [0.4, 0.5) is 13.2 Å². The van der Waals surface area contributed by atoms with E-state index in [9.17, 15) is 18.0 Å². The zero-order valence-electron chi connectivity index (χ0n) is 10.0. The molecule has 0 amide bonds. The molecule has 1 aromatic carbocycles. The molecule has 0 radical (unpaired) electrons. The van der Waals surface area contributed by atoms with Crippen LogP contribution in [0.2, 0.25) is 0 Å². The summed E-state index contributed by atoms with van der Waals surface area (Å²) in [5.74, 6) is -0.239. The molecule has 1 unspecified atom stereocenters. The first kappa shape index (κ1) is 14.2. The quantitative estimate of drug-likeness (QED) is 0.829. The third-order valence-electron chi connectivity index (χ3n) is 2.68. The molecule has 0 N–H and O–H groups in total. The highest BCUT2D eigenvalue weighted by Crippen LogP contribution is 2.34. The number of carbonyl (C=O) groups is 1. The second kappa shape index (κ2) is 4.81. The Labute approximate surface area is 103 Å². The van der Waals surface area contributed by atoms with Gasteiger partial charge in [0, 0.05) is 6.42 Å². The molecule has 1 atom stereocenters. The minimum absolute atomic E-state index is 0.106. The fourth-order valence-corrected chi connectivity index (χ4v) is 1.74. The van der Waals surface area contributed by atoms with Crippen LogP contribution >= 0.6 is 0 Å². The number of halogens is 3. The number of Topliss-reactive ketones (excluding diaryl/α,β-unsaturated/α-hetero) is 1. The van der Waals surface area contributed by atoms with Crippen LogP contribution in [0, 0.1) is 11.3 Å². The average Bonchev–Trinajstić information content (AvgIpc) is 2.27. The highest BCUT2D eigenvalue weighted by molar-refractivity contribution is 5.77. The molecule has 96 valence electrons. The Morgan fingerprint density at radius 3 is 2.33 bits per heavy atom. The lowest BCUT2D eigenvalue weighted by molar-refractivity contribution is -0.137. The van der Waals surface area contributed by atoms with Crippen molar-refractivity contribution >= 4 is 5.78 Å². The van der Waals surface area contributed by atoms with Crippen LogP contribution in [-0.4, -0.2) is 5.78 Å². The number of benzene rings is 1. The van der Waals surface area contributed by atoms with E-state index in [1.807, 2.05) is 6.07 Å². The molecule has 0 spiro atoms. The molecule has 1 rings (SSSR count). The van der Waals surface area contributed by atoms with Crippen molar-refractivity contribution in [2.45, 2.75) is 31.9 Å². The summed E-state index contributed by atoms with van der Waals surface area (Å²) >= 11 is 0. The number of nitriles is 1. The fourth-order valence-electron chi connectivity index (χ4n) is 1.74. The lowest BCUT2D eigenvalue weighted by atomic mass is 9.79. The topological polar surface area (TPSA) is 40.9 Å². The van der Waals surface area contributed by atoms with Gasteiger partial charge >= 0.3 is 6.18 Å². The molecule has 0 fully saturated rings. The van der Waals surface area contributed by atoms with E-state index >= 15 is 0 Å². The first-order valence-corrected chi connectivity index (χ1v) is 5.27. The Hall–Kier alpha value is -1.83. The molecule has 0 aliphatic carbocycles. The van der Waals surface area contributed by atoms with Crippen LogP contribution in [0.1, 0.15) is 31.4 Å². The van der Waals surface area contributed by atoms with E-state index in [4.69, 9.17) is 5.26 Å². The van der Waals surface area contributed by atoms with Crippen molar-refractivity contribution < 1.29 is 18.0 Å². The Kier molecular flexibility index (Phi) is 3.80. The average molecular weight is 255 g/mol. The fraction of sp³-hybridized carbons (Fsp3) is 0.385. The summed E-state index contributed by atoms with van der Waals surface area (Å²) < 4.78 is 37.7. The first-order chi connectivity index (χ1) is 8.19. The summed E-state index contributed by atoms with van der Waals surface area (Å²) in [6.07, 6.45) is -4.56. The molecule has 0 saturated heterocycles. The summed E-state index contributed by atoms with van der Waals surface area (Å²) in [5, 5.41) is 9.10. The van der Waals surface area contributed by atoms with Crippen molar-refractivity contribution in [3.8, 4) is 6.07 Å². The lowest BCUT2D eigenvalue weighted by Gasteiger charge is -2.21. The summed E-state index contributed by atoms with van der Waals surface area (Å²) in [7, 11) is 0. The van der Waals surface area contributed by atoms with Gasteiger partial charge in [0.1, 0.15) is 5.78 Å². The second-order valence-corrected chi connectivity index (χ2v) is 4.40. The van der Waals surface area contributed by atoms with Gasteiger partial charge in [-0.3, -0.25) is 4.79 Å². The molecule has 0 saturated carbocycles. The van der Waals surface area contributed by atoms with Crippen molar-refractivity contribution in [3.63, 3.8) is 0 Å². The van der Waals surface area contributed by atoms with E-state index in [0.29, 0.717) is 0 Å². The number of carbonyl (C=O) groups excluding carboxylic acids is 1. The van der Waals surface area contributed by atoms with E-state index < -0.39 is 17.2 Å². The monoisotopic (exact) mass is 255 g/mol. The maximum absolute atomic E-state index is 12.6. The highest BCUT2D eigenvalue weighted by atomic mass is 19.4. The van der Waals surface area contributed by atoms with E-state index in [-0.39, 0.29) is 17.8 Å². The minimum Gasteiger partial charge on any atom is -0.300 e. The second-order valence-electron chi connectivity index (χ2n) is 4.40. The van der Waals surface area contributed by atoms with E-state index in [1.54, 1.807) is 0 Å². The van der Waals surface area contributed by atoms with Gasteiger partial charge in [0.05, 0.1) is 17.0 Å². The Balaban J connectivity index is 3.24. The molecular formula is C13H12F3NO. The van der Waals surface area contributed by atoms with Crippen molar-refractivity contribution in [3.05, 3.63) is 35.4 Å². The maximum atomic E-state index is 12.6. The summed E-state index contributed by atoms with van der Waals surface area (Å²) in [6, 6.07) is 6.45. The Morgan fingerprint density at radius 2 is 1.89 bits per heavy atom. The minimum atomic E-state index is -4.46. The van der Waals surface area contributed by atoms with Crippen LogP contribution in [-0.2, 0) is 16.4 Å². The van der Waals surface area contributed by atoms with E-state index in [0.717, 1.165) is 12.1 Å². The molecule has 0 aromatic heterocycles.